The summed E-state index contributed by atoms with van der Waals surface area (Å²) in [6.45, 7) is 4.23. The van der Waals surface area contributed by atoms with E-state index in [9.17, 15) is 9.36 Å². The fourth-order valence-electron chi connectivity index (χ4n) is 3.34. The standard InChI is InChI=1S/C18H21ClNO5P/c1-11-15(18(21)23-3)16(13-7-4-5-8-14(13)19)17(12(2)20-11)26(22)24-9-6-10-25-26/h4-5,7-8,16,20H,6,9-10H2,1-3H3. The third kappa shape index (κ3) is 3.35. The zero-order valence-electron chi connectivity index (χ0n) is 14.9. The summed E-state index contributed by atoms with van der Waals surface area (Å²) in [5.41, 5.74) is 2.24. The van der Waals surface area contributed by atoms with Gasteiger partial charge < -0.3 is 19.1 Å². The van der Waals surface area contributed by atoms with E-state index in [0.717, 1.165) is 0 Å². The number of methoxy groups -OCH3 is 1. The normalized spacial score (nSPS) is 22.8. The zero-order valence-corrected chi connectivity index (χ0v) is 16.5. The number of ether oxygens (including phenoxy) is 1. The number of nitrogens with one attached hydrogen (secondary N) is 1. The molecular weight excluding hydrogens is 377 g/mol. The van der Waals surface area contributed by atoms with Crippen LogP contribution in [0.5, 0.6) is 0 Å². The van der Waals surface area contributed by atoms with E-state index in [4.69, 9.17) is 25.4 Å². The van der Waals surface area contributed by atoms with Crippen LogP contribution in [0.3, 0.4) is 0 Å². The quantitative estimate of drug-likeness (QED) is 0.604. The van der Waals surface area contributed by atoms with E-state index in [-0.39, 0.29) is 0 Å². The Morgan fingerprint density at radius 3 is 2.50 bits per heavy atom. The van der Waals surface area contributed by atoms with Gasteiger partial charge in [-0.2, -0.15) is 0 Å². The molecule has 2 heterocycles. The smallest absolute Gasteiger partial charge is 0.360 e. The Morgan fingerprint density at radius 2 is 1.88 bits per heavy atom. The molecule has 2 aliphatic heterocycles. The molecule has 0 aliphatic carbocycles. The first-order valence-corrected chi connectivity index (χ1v) is 10.2. The SMILES string of the molecule is COC(=O)C1=C(C)NC(C)=C(P2(=O)OCCCO2)C1c1ccccc1Cl. The Labute approximate surface area is 157 Å². The van der Waals surface area contributed by atoms with Crippen molar-refractivity contribution in [1.82, 2.24) is 5.32 Å². The van der Waals surface area contributed by atoms with E-state index in [1.165, 1.54) is 7.11 Å². The lowest BCUT2D eigenvalue weighted by molar-refractivity contribution is -0.136. The summed E-state index contributed by atoms with van der Waals surface area (Å²) in [6.07, 6.45) is 0.666. The Kier molecular flexibility index (Phi) is 5.58. The van der Waals surface area contributed by atoms with Crippen molar-refractivity contribution in [2.45, 2.75) is 26.2 Å². The summed E-state index contributed by atoms with van der Waals surface area (Å²) in [6, 6.07) is 7.15. The van der Waals surface area contributed by atoms with Crippen molar-refractivity contribution in [2.24, 2.45) is 0 Å². The maximum Gasteiger partial charge on any atom is 0.360 e. The second-order valence-corrected chi connectivity index (χ2v) is 8.54. The predicted octanol–water partition coefficient (Wildman–Crippen LogP) is 4.34. The molecule has 0 saturated carbocycles. The Morgan fingerprint density at radius 1 is 1.23 bits per heavy atom. The molecule has 1 N–H and O–H groups in total. The van der Waals surface area contributed by atoms with Crippen molar-refractivity contribution in [3.63, 3.8) is 0 Å². The molecule has 0 bridgehead atoms. The number of hydrogen-bond acceptors (Lipinski definition) is 6. The lowest BCUT2D eigenvalue weighted by Crippen LogP contribution is -2.30. The van der Waals surface area contributed by atoms with Crippen molar-refractivity contribution in [3.05, 3.63) is 57.1 Å². The van der Waals surface area contributed by atoms with Crippen molar-refractivity contribution >= 4 is 25.2 Å². The molecule has 8 heteroatoms. The number of benzene rings is 1. The van der Waals surface area contributed by atoms with Gasteiger partial charge in [0.15, 0.2) is 0 Å². The molecule has 6 nitrogen and oxygen atoms in total. The van der Waals surface area contributed by atoms with Gasteiger partial charge in [-0.1, -0.05) is 29.8 Å². The highest BCUT2D eigenvalue weighted by Crippen LogP contribution is 2.65. The second-order valence-electron chi connectivity index (χ2n) is 6.14. The lowest BCUT2D eigenvalue weighted by atomic mass is 9.86. The van der Waals surface area contributed by atoms with E-state index in [1.54, 1.807) is 32.0 Å². The van der Waals surface area contributed by atoms with Crippen LogP contribution in [0.1, 0.15) is 31.7 Å². The van der Waals surface area contributed by atoms with E-state index >= 15 is 0 Å². The molecule has 2 aliphatic rings. The predicted molar refractivity (Wildman–Crippen MR) is 98.9 cm³/mol. The average molecular weight is 398 g/mol. The van der Waals surface area contributed by atoms with Crippen LogP contribution in [-0.2, 0) is 23.1 Å². The topological polar surface area (TPSA) is 73.9 Å². The van der Waals surface area contributed by atoms with E-state index in [2.05, 4.69) is 5.32 Å². The molecule has 0 spiro atoms. The number of allylic oxidation sites excluding steroid dienone is 3. The van der Waals surface area contributed by atoms with Crippen molar-refractivity contribution in [2.75, 3.05) is 20.3 Å². The molecular formula is C18H21ClNO5P. The minimum Gasteiger partial charge on any atom is -0.466 e. The molecule has 1 saturated heterocycles. The highest BCUT2D eigenvalue weighted by molar-refractivity contribution is 7.58. The highest BCUT2D eigenvalue weighted by Gasteiger charge is 2.46. The van der Waals surface area contributed by atoms with Gasteiger partial charge in [-0.05, 0) is 31.9 Å². The molecule has 140 valence electrons. The van der Waals surface area contributed by atoms with Crippen LogP contribution in [0.4, 0.5) is 0 Å². The maximum atomic E-state index is 13.5. The number of hydrogen-bond donors (Lipinski definition) is 1. The lowest BCUT2D eigenvalue weighted by Gasteiger charge is -2.36. The van der Waals surface area contributed by atoms with Crippen LogP contribution < -0.4 is 5.32 Å². The van der Waals surface area contributed by atoms with Crippen molar-refractivity contribution in [1.29, 1.82) is 0 Å². The molecule has 0 aromatic heterocycles. The van der Waals surface area contributed by atoms with Gasteiger partial charge in [0.25, 0.3) is 0 Å². The van der Waals surface area contributed by atoms with Crippen LogP contribution in [0.25, 0.3) is 0 Å². The maximum absolute atomic E-state index is 13.5. The van der Waals surface area contributed by atoms with Gasteiger partial charge in [-0.15, -0.1) is 0 Å². The Hall–Kier alpha value is -1.59. The molecule has 3 rings (SSSR count). The molecule has 1 aromatic carbocycles. The monoisotopic (exact) mass is 397 g/mol. The first kappa shape index (κ1) is 19.2. The summed E-state index contributed by atoms with van der Waals surface area (Å²) in [4.78, 5) is 12.6. The third-order valence-electron chi connectivity index (χ3n) is 4.45. The van der Waals surface area contributed by atoms with Crippen LogP contribution in [-0.4, -0.2) is 26.3 Å². The number of halogens is 1. The third-order valence-corrected chi connectivity index (χ3v) is 7.03. The summed E-state index contributed by atoms with van der Waals surface area (Å²) in [5.74, 6) is -1.20. The number of esters is 1. The van der Waals surface area contributed by atoms with E-state index in [1.807, 2.05) is 6.07 Å². The molecule has 1 unspecified atom stereocenters. The summed E-state index contributed by atoms with van der Waals surface area (Å²) >= 11 is 6.43. The number of dihydropyridines is 1. The summed E-state index contributed by atoms with van der Waals surface area (Å²) < 4.78 is 29.6. The molecule has 0 radical (unpaired) electrons. The average Bonchev–Trinajstić information content (AvgIpc) is 2.61. The fourth-order valence-corrected chi connectivity index (χ4v) is 5.73. The molecule has 26 heavy (non-hydrogen) atoms. The number of carbonyl (C=O) groups is 1. The van der Waals surface area contributed by atoms with Crippen LogP contribution in [0, 0.1) is 0 Å². The van der Waals surface area contributed by atoms with E-state index in [0.29, 0.717) is 52.5 Å². The molecule has 1 aromatic rings. The van der Waals surface area contributed by atoms with Gasteiger partial charge in [0, 0.05) is 16.4 Å². The first-order valence-electron chi connectivity index (χ1n) is 8.30. The Balaban J connectivity index is 2.24. The van der Waals surface area contributed by atoms with Gasteiger partial charge in [0.1, 0.15) is 0 Å². The van der Waals surface area contributed by atoms with E-state index < -0.39 is 19.5 Å². The molecule has 1 atom stereocenters. The largest absolute Gasteiger partial charge is 0.466 e. The number of carbonyl (C=O) groups excluding carboxylic acids is 1. The molecule has 1 fully saturated rings. The first-order chi connectivity index (χ1) is 12.4. The summed E-state index contributed by atoms with van der Waals surface area (Å²) in [7, 11) is -2.27. The van der Waals surface area contributed by atoms with Crippen LogP contribution >= 0.6 is 19.2 Å². The minimum absolute atomic E-state index is 0.333. The van der Waals surface area contributed by atoms with Gasteiger partial charge in [-0.3, -0.25) is 4.57 Å². The van der Waals surface area contributed by atoms with Crippen molar-refractivity contribution < 1.29 is 23.1 Å². The Bertz CT molecular complexity index is 838. The zero-order chi connectivity index (χ0) is 18.9. The fraction of sp³-hybridized carbons (Fsp3) is 0.389. The summed E-state index contributed by atoms with van der Waals surface area (Å²) in [5, 5.41) is 3.98. The van der Waals surface area contributed by atoms with Gasteiger partial charge in [0.05, 0.1) is 37.1 Å². The van der Waals surface area contributed by atoms with Gasteiger partial charge >= 0.3 is 13.6 Å². The van der Waals surface area contributed by atoms with Gasteiger partial charge in [-0.25, -0.2) is 4.79 Å². The minimum atomic E-state index is -3.58. The van der Waals surface area contributed by atoms with Crippen LogP contribution in [0.2, 0.25) is 5.02 Å². The number of rotatable bonds is 3. The second kappa shape index (κ2) is 7.57. The van der Waals surface area contributed by atoms with Gasteiger partial charge in [0.2, 0.25) is 0 Å². The highest BCUT2D eigenvalue weighted by atomic mass is 35.5. The van der Waals surface area contributed by atoms with Crippen molar-refractivity contribution in [3.8, 4) is 0 Å². The van der Waals surface area contributed by atoms with Crippen LogP contribution in [0.15, 0.2) is 46.5 Å². The molecule has 0 amide bonds.